The summed E-state index contributed by atoms with van der Waals surface area (Å²) in [4.78, 5) is 13.8. The zero-order chi connectivity index (χ0) is 20.3. The van der Waals surface area contributed by atoms with Crippen molar-refractivity contribution in [1.29, 1.82) is 0 Å². The maximum Gasteiger partial charge on any atom is 0.233 e. The summed E-state index contributed by atoms with van der Waals surface area (Å²) in [7, 11) is -1.41. The van der Waals surface area contributed by atoms with Crippen LogP contribution in [0, 0.1) is 0 Å². The summed E-state index contributed by atoms with van der Waals surface area (Å²) in [5, 5.41) is 7.04. The molecule has 0 saturated carbocycles. The van der Waals surface area contributed by atoms with E-state index in [0.717, 1.165) is 24.8 Å². The van der Waals surface area contributed by atoms with E-state index in [9.17, 15) is 13.2 Å². The van der Waals surface area contributed by atoms with Crippen molar-refractivity contribution < 1.29 is 13.2 Å². The highest BCUT2D eigenvalue weighted by Gasteiger charge is 2.27. The van der Waals surface area contributed by atoms with E-state index < -0.39 is 15.1 Å². The number of carbonyl (C=O) groups excluding carboxylic acids is 1. The fraction of sp³-hybridized carbons (Fsp3) is 0.500. The lowest BCUT2D eigenvalue weighted by atomic mass is 9.93. The number of carbonyl (C=O) groups is 1. The molecule has 2 atom stereocenters. The van der Waals surface area contributed by atoms with Crippen LogP contribution >= 0.6 is 11.8 Å². The van der Waals surface area contributed by atoms with Crippen LogP contribution in [0.3, 0.4) is 0 Å². The molecule has 0 bridgehead atoms. The van der Waals surface area contributed by atoms with E-state index in [2.05, 4.69) is 10.4 Å². The summed E-state index contributed by atoms with van der Waals surface area (Å²) >= 11 is 1.29. The minimum atomic E-state index is -3.34. The van der Waals surface area contributed by atoms with E-state index in [-0.39, 0.29) is 17.7 Å². The highest BCUT2D eigenvalue weighted by molar-refractivity contribution is 8.01. The number of rotatable bonds is 7. The Balaban J connectivity index is 1.73. The highest BCUT2D eigenvalue weighted by Crippen LogP contribution is 2.33. The van der Waals surface area contributed by atoms with Gasteiger partial charge >= 0.3 is 0 Å². The molecule has 2 unspecified atom stereocenters. The van der Waals surface area contributed by atoms with Crippen LogP contribution in [0.25, 0.3) is 0 Å². The maximum atomic E-state index is 12.8. The molecule has 1 aromatic heterocycles. The monoisotopic (exact) mass is 421 g/mol. The Morgan fingerprint density at radius 1 is 1.39 bits per heavy atom. The molecule has 0 spiro atoms. The van der Waals surface area contributed by atoms with Gasteiger partial charge in [0, 0.05) is 23.2 Å². The predicted molar refractivity (Wildman–Crippen MR) is 111 cm³/mol. The molecule has 1 N–H and O–H groups in total. The fourth-order valence-electron chi connectivity index (χ4n) is 3.57. The minimum Gasteiger partial charge on any atom is -0.348 e. The molecule has 1 aliphatic rings. The Hall–Kier alpha value is -1.80. The topological polar surface area (TPSA) is 81.1 Å². The number of aryl methyl sites for hydroxylation is 1. The van der Waals surface area contributed by atoms with Crippen LogP contribution in [-0.4, -0.2) is 35.1 Å². The maximum absolute atomic E-state index is 12.8. The van der Waals surface area contributed by atoms with Crippen molar-refractivity contribution >= 4 is 27.5 Å². The zero-order valence-electron chi connectivity index (χ0n) is 16.5. The van der Waals surface area contributed by atoms with Gasteiger partial charge in [0.2, 0.25) is 5.91 Å². The Kier molecular flexibility index (Phi) is 6.50. The van der Waals surface area contributed by atoms with Crippen LogP contribution in [0.1, 0.15) is 50.4 Å². The third kappa shape index (κ3) is 4.43. The quantitative estimate of drug-likeness (QED) is 0.694. The number of thioether (sulfide) groups is 1. The van der Waals surface area contributed by atoms with Gasteiger partial charge in [-0.2, -0.15) is 5.10 Å². The number of nitrogens with one attached hydrogen (secondary N) is 1. The average Bonchev–Trinajstić information content (AvgIpc) is 3.04. The first-order valence-electron chi connectivity index (χ1n) is 9.63. The largest absolute Gasteiger partial charge is 0.348 e. The van der Waals surface area contributed by atoms with Crippen LogP contribution in [0.15, 0.2) is 40.3 Å². The number of amides is 1. The Morgan fingerprint density at radius 2 is 2.14 bits per heavy atom. The van der Waals surface area contributed by atoms with Crippen LogP contribution < -0.4 is 5.32 Å². The van der Waals surface area contributed by atoms with Crippen molar-refractivity contribution in [1.82, 2.24) is 15.1 Å². The molecule has 0 aliphatic heterocycles. The van der Waals surface area contributed by atoms with Crippen LogP contribution in [0.2, 0.25) is 0 Å². The van der Waals surface area contributed by atoms with Crippen molar-refractivity contribution in [3.8, 4) is 0 Å². The van der Waals surface area contributed by atoms with E-state index in [1.165, 1.54) is 17.5 Å². The smallest absolute Gasteiger partial charge is 0.233 e. The molecular weight excluding hydrogens is 394 g/mol. The first-order valence-corrected chi connectivity index (χ1v) is 12.2. The van der Waals surface area contributed by atoms with Crippen molar-refractivity contribution in [2.75, 3.05) is 5.75 Å². The molecule has 6 nitrogen and oxygen atoms in total. The number of fused-ring (bicyclic) bond motifs is 1. The molecule has 0 fully saturated rings. The number of sulfone groups is 1. The van der Waals surface area contributed by atoms with E-state index in [0.29, 0.717) is 16.2 Å². The Labute approximate surface area is 171 Å². The third-order valence-electron chi connectivity index (χ3n) is 5.02. The fourth-order valence-corrected chi connectivity index (χ4v) is 6.41. The van der Waals surface area contributed by atoms with E-state index in [1.54, 1.807) is 24.3 Å². The lowest BCUT2D eigenvalue weighted by Gasteiger charge is -2.25. The minimum absolute atomic E-state index is 0.0351. The van der Waals surface area contributed by atoms with Gasteiger partial charge in [0.05, 0.1) is 28.1 Å². The van der Waals surface area contributed by atoms with Crippen LogP contribution in [-0.2, 0) is 28.1 Å². The van der Waals surface area contributed by atoms with Crippen molar-refractivity contribution in [2.45, 2.75) is 60.6 Å². The van der Waals surface area contributed by atoms with Gasteiger partial charge in [0.15, 0.2) is 9.84 Å². The molecule has 3 rings (SSSR count). The molecule has 1 heterocycles. The molecule has 8 heteroatoms. The molecule has 1 aromatic carbocycles. The molecule has 28 heavy (non-hydrogen) atoms. The Bertz CT molecular complexity index is 953. The number of hydrogen-bond acceptors (Lipinski definition) is 5. The van der Waals surface area contributed by atoms with Crippen LogP contribution in [0.4, 0.5) is 0 Å². The van der Waals surface area contributed by atoms with Gasteiger partial charge in [-0.1, -0.05) is 19.1 Å². The second kappa shape index (κ2) is 8.69. The normalized spacial score (nSPS) is 17.8. The summed E-state index contributed by atoms with van der Waals surface area (Å²) in [6.07, 6.45) is 5.28. The van der Waals surface area contributed by atoms with Crippen molar-refractivity contribution in [3.63, 3.8) is 0 Å². The summed E-state index contributed by atoms with van der Waals surface area (Å²) < 4.78 is 27.0. The van der Waals surface area contributed by atoms with Crippen molar-refractivity contribution in [2.24, 2.45) is 7.05 Å². The first-order chi connectivity index (χ1) is 13.3. The lowest BCUT2D eigenvalue weighted by molar-refractivity contribution is -0.121. The van der Waals surface area contributed by atoms with Gasteiger partial charge in [-0.3, -0.25) is 9.48 Å². The molecule has 2 aromatic rings. The molecule has 0 saturated heterocycles. The predicted octanol–water partition coefficient (Wildman–Crippen LogP) is 3.28. The second-order valence-corrected chi connectivity index (χ2v) is 10.6. The number of aromatic nitrogens is 2. The molecule has 152 valence electrons. The zero-order valence-corrected chi connectivity index (χ0v) is 18.1. The van der Waals surface area contributed by atoms with Gasteiger partial charge in [-0.15, -0.1) is 11.8 Å². The van der Waals surface area contributed by atoms with E-state index in [1.807, 2.05) is 31.8 Å². The first kappa shape index (κ1) is 20.9. The van der Waals surface area contributed by atoms with Gasteiger partial charge in [0.1, 0.15) is 0 Å². The molecule has 1 amide bonds. The summed E-state index contributed by atoms with van der Waals surface area (Å²) in [5.41, 5.74) is 2.26. The summed E-state index contributed by atoms with van der Waals surface area (Å²) in [6.45, 7) is 3.66. The number of benzene rings is 1. The highest BCUT2D eigenvalue weighted by atomic mass is 32.2. The lowest BCUT2D eigenvalue weighted by Crippen LogP contribution is -2.35. The van der Waals surface area contributed by atoms with Gasteiger partial charge < -0.3 is 5.32 Å². The SMILES string of the molecule is CCCS(=O)(=O)c1ccccc1SC(C)C(=O)NC1CCCc2c1cnn2C. The van der Waals surface area contributed by atoms with Gasteiger partial charge in [-0.25, -0.2) is 8.42 Å². The number of nitrogens with zero attached hydrogens (tertiary/aromatic N) is 2. The molecule has 1 aliphatic carbocycles. The average molecular weight is 422 g/mol. The van der Waals surface area contributed by atoms with E-state index >= 15 is 0 Å². The van der Waals surface area contributed by atoms with Gasteiger partial charge in [0.25, 0.3) is 0 Å². The molecule has 0 radical (unpaired) electrons. The second-order valence-electron chi connectivity index (χ2n) is 7.15. The van der Waals surface area contributed by atoms with Crippen LogP contribution in [0.5, 0.6) is 0 Å². The Morgan fingerprint density at radius 3 is 2.89 bits per heavy atom. The van der Waals surface area contributed by atoms with E-state index in [4.69, 9.17) is 0 Å². The third-order valence-corrected chi connectivity index (χ3v) is 8.30. The standard InChI is InChI=1S/C20H27N3O3S2/c1-4-12-28(25,26)19-11-6-5-10-18(19)27-14(2)20(24)22-16-8-7-9-17-15(16)13-21-23(17)3/h5-6,10-11,13-14,16H,4,7-9,12H2,1-3H3,(H,22,24). The summed E-state index contributed by atoms with van der Waals surface area (Å²) in [6, 6.07) is 6.90. The number of hydrogen-bond donors (Lipinski definition) is 1. The van der Waals surface area contributed by atoms with Crippen molar-refractivity contribution in [3.05, 3.63) is 41.7 Å². The van der Waals surface area contributed by atoms with Gasteiger partial charge in [-0.05, 0) is 44.7 Å². The molecular formula is C20H27N3O3S2. The summed E-state index contributed by atoms with van der Waals surface area (Å²) in [5.74, 6) is 0.0196.